The zero-order valence-corrected chi connectivity index (χ0v) is 12.3. The van der Waals surface area contributed by atoms with Crippen LogP contribution in [0.3, 0.4) is 0 Å². The maximum atomic E-state index is 11.8. The second-order valence-corrected chi connectivity index (χ2v) is 5.05. The molecule has 0 atom stereocenters. The number of benzene rings is 2. The van der Waals surface area contributed by atoms with Gasteiger partial charge in [0.15, 0.2) is 6.61 Å². The lowest BCUT2D eigenvalue weighted by molar-refractivity contribution is -0.118. The molecule has 0 fully saturated rings. The zero-order valence-electron chi connectivity index (χ0n) is 11.5. The summed E-state index contributed by atoms with van der Waals surface area (Å²) in [5.74, 6) is 0.146. The van der Waals surface area contributed by atoms with E-state index in [1.165, 1.54) is 0 Å². The third kappa shape index (κ3) is 4.26. The smallest absolute Gasteiger partial charge is 0.262 e. The van der Waals surface area contributed by atoms with E-state index in [1.807, 2.05) is 36.6 Å². The van der Waals surface area contributed by atoms with E-state index in [1.54, 1.807) is 36.0 Å². The van der Waals surface area contributed by atoms with Gasteiger partial charge in [-0.15, -0.1) is 11.8 Å². The number of thioether (sulfide) groups is 1. The largest absolute Gasteiger partial charge is 0.482 e. The molecule has 2 aromatic rings. The number of nitriles is 1. The molecule has 1 amide bonds. The van der Waals surface area contributed by atoms with Crippen molar-refractivity contribution in [2.24, 2.45) is 0 Å². The van der Waals surface area contributed by atoms with Gasteiger partial charge in [0.1, 0.15) is 11.8 Å². The van der Waals surface area contributed by atoms with Crippen LogP contribution >= 0.6 is 11.8 Å². The molecule has 0 heterocycles. The zero-order chi connectivity index (χ0) is 15.1. The molecule has 2 rings (SSSR count). The average molecular weight is 298 g/mol. The van der Waals surface area contributed by atoms with Crippen LogP contribution in [-0.4, -0.2) is 18.8 Å². The molecule has 0 spiro atoms. The summed E-state index contributed by atoms with van der Waals surface area (Å²) >= 11 is 1.64. The molecular formula is C16H14N2O2S. The van der Waals surface area contributed by atoms with Crippen LogP contribution < -0.4 is 10.1 Å². The van der Waals surface area contributed by atoms with Crippen LogP contribution in [0.1, 0.15) is 5.56 Å². The van der Waals surface area contributed by atoms with Gasteiger partial charge in [0, 0.05) is 10.6 Å². The van der Waals surface area contributed by atoms with Crippen molar-refractivity contribution in [1.82, 2.24) is 0 Å². The molecule has 5 heteroatoms. The predicted octanol–water partition coefficient (Wildman–Crippen LogP) is 3.30. The lowest BCUT2D eigenvalue weighted by atomic mass is 10.2. The molecule has 0 aliphatic rings. The Morgan fingerprint density at radius 2 is 1.95 bits per heavy atom. The highest BCUT2D eigenvalue weighted by molar-refractivity contribution is 7.98. The first-order valence-electron chi connectivity index (χ1n) is 6.29. The van der Waals surface area contributed by atoms with E-state index in [0.717, 1.165) is 10.6 Å². The van der Waals surface area contributed by atoms with Gasteiger partial charge in [-0.1, -0.05) is 12.1 Å². The number of nitrogens with one attached hydrogen (secondary N) is 1. The van der Waals surface area contributed by atoms with E-state index >= 15 is 0 Å². The number of rotatable bonds is 5. The van der Waals surface area contributed by atoms with Crippen molar-refractivity contribution >= 4 is 23.4 Å². The van der Waals surface area contributed by atoms with Gasteiger partial charge in [-0.25, -0.2) is 0 Å². The third-order valence-electron chi connectivity index (χ3n) is 2.74. The summed E-state index contributed by atoms with van der Waals surface area (Å²) < 4.78 is 5.37. The molecule has 0 saturated heterocycles. The molecular weight excluding hydrogens is 284 g/mol. The van der Waals surface area contributed by atoms with Gasteiger partial charge in [-0.3, -0.25) is 4.79 Å². The van der Waals surface area contributed by atoms with E-state index < -0.39 is 0 Å². The number of amides is 1. The summed E-state index contributed by atoms with van der Waals surface area (Å²) in [6, 6.07) is 16.4. The first-order valence-corrected chi connectivity index (χ1v) is 7.51. The van der Waals surface area contributed by atoms with Crippen molar-refractivity contribution in [3.63, 3.8) is 0 Å². The van der Waals surface area contributed by atoms with E-state index in [9.17, 15) is 4.79 Å². The Balaban J connectivity index is 1.91. The van der Waals surface area contributed by atoms with Crippen molar-refractivity contribution in [2.45, 2.75) is 4.90 Å². The fourth-order valence-electron chi connectivity index (χ4n) is 1.70. The Hall–Kier alpha value is -2.45. The van der Waals surface area contributed by atoms with Crippen molar-refractivity contribution in [2.75, 3.05) is 18.2 Å². The standard InChI is InChI=1S/C16H14N2O2S/c1-21-14-8-6-13(7-9-14)18-16(19)11-20-15-5-3-2-4-12(15)10-17/h2-9H,11H2,1H3,(H,18,19). The fraction of sp³-hybridized carbons (Fsp3) is 0.125. The van der Waals surface area contributed by atoms with Gasteiger partial charge < -0.3 is 10.1 Å². The first kappa shape index (κ1) is 14.9. The van der Waals surface area contributed by atoms with Crippen molar-refractivity contribution in [3.05, 3.63) is 54.1 Å². The van der Waals surface area contributed by atoms with E-state index in [2.05, 4.69) is 5.32 Å². The number of para-hydroxylation sites is 1. The number of carbonyl (C=O) groups is 1. The molecule has 106 valence electrons. The van der Waals surface area contributed by atoms with Crippen LogP contribution in [0.5, 0.6) is 5.75 Å². The minimum Gasteiger partial charge on any atom is -0.482 e. The summed E-state index contributed by atoms with van der Waals surface area (Å²) in [6.45, 7) is -0.136. The van der Waals surface area contributed by atoms with Gasteiger partial charge in [-0.2, -0.15) is 5.26 Å². The number of anilines is 1. The monoisotopic (exact) mass is 298 g/mol. The lowest BCUT2D eigenvalue weighted by Crippen LogP contribution is -2.20. The summed E-state index contributed by atoms with van der Waals surface area (Å²) in [5, 5.41) is 11.7. The summed E-state index contributed by atoms with van der Waals surface area (Å²) in [6.07, 6.45) is 1.99. The molecule has 1 N–H and O–H groups in total. The second kappa shape index (κ2) is 7.36. The number of hydrogen-bond acceptors (Lipinski definition) is 4. The van der Waals surface area contributed by atoms with Gasteiger partial charge in [0.2, 0.25) is 0 Å². The minimum absolute atomic E-state index is 0.136. The van der Waals surface area contributed by atoms with Crippen LogP contribution in [0.25, 0.3) is 0 Å². The lowest BCUT2D eigenvalue weighted by Gasteiger charge is -2.08. The Morgan fingerprint density at radius 3 is 2.62 bits per heavy atom. The predicted molar refractivity (Wildman–Crippen MR) is 83.5 cm³/mol. The quantitative estimate of drug-likeness (QED) is 0.860. The van der Waals surface area contributed by atoms with Crippen LogP contribution in [0, 0.1) is 11.3 Å². The van der Waals surface area contributed by atoms with Gasteiger partial charge in [0.05, 0.1) is 5.56 Å². The fourth-order valence-corrected chi connectivity index (χ4v) is 2.11. The molecule has 0 aromatic heterocycles. The highest BCUT2D eigenvalue weighted by Gasteiger charge is 2.06. The summed E-state index contributed by atoms with van der Waals surface area (Å²) in [5.41, 5.74) is 1.13. The van der Waals surface area contributed by atoms with Crippen LogP contribution in [0.4, 0.5) is 5.69 Å². The number of nitrogens with zero attached hydrogens (tertiary/aromatic N) is 1. The Labute approximate surface area is 127 Å². The molecule has 0 bridgehead atoms. The van der Waals surface area contributed by atoms with Crippen molar-refractivity contribution in [1.29, 1.82) is 5.26 Å². The minimum atomic E-state index is -0.264. The van der Waals surface area contributed by atoms with Gasteiger partial charge in [0.25, 0.3) is 5.91 Å². The molecule has 0 aliphatic heterocycles. The van der Waals surface area contributed by atoms with E-state index in [4.69, 9.17) is 10.00 Å². The van der Waals surface area contributed by atoms with Crippen molar-refractivity contribution < 1.29 is 9.53 Å². The Morgan fingerprint density at radius 1 is 1.24 bits per heavy atom. The summed E-state index contributed by atoms with van der Waals surface area (Å²) in [4.78, 5) is 12.9. The molecule has 4 nitrogen and oxygen atoms in total. The van der Waals surface area contributed by atoms with E-state index in [0.29, 0.717) is 11.3 Å². The molecule has 0 aliphatic carbocycles. The molecule has 0 unspecified atom stereocenters. The van der Waals surface area contributed by atoms with Crippen LogP contribution in [0.15, 0.2) is 53.4 Å². The summed E-state index contributed by atoms with van der Waals surface area (Å²) in [7, 11) is 0. The van der Waals surface area contributed by atoms with Crippen LogP contribution in [0.2, 0.25) is 0 Å². The maximum Gasteiger partial charge on any atom is 0.262 e. The molecule has 0 radical (unpaired) electrons. The third-order valence-corrected chi connectivity index (χ3v) is 3.48. The normalized spacial score (nSPS) is 9.71. The van der Waals surface area contributed by atoms with Crippen LogP contribution in [-0.2, 0) is 4.79 Å². The topological polar surface area (TPSA) is 62.1 Å². The molecule has 21 heavy (non-hydrogen) atoms. The first-order chi connectivity index (χ1) is 10.2. The van der Waals surface area contributed by atoms with E-state index in [-0.39, 0.29) is 12.5 Å². The number of ether oxygens (including phenoxy) is 1. The molecule has 2 aromatic carbocycles. The van der Waals surface area contributed by atoms with Gasteiger partial charge >= 0.3 is 0 Å². The second-order valence-electron chi connectivity index (χ2n) is 4.17. The Kier molecular flexibility index (Phi) is 5.24. The number of carbonyl (C=O) groups excluding carboxylic acids is 1. The number of hydrogen-bond donors (Lipinski definition) is 1. The SMILES string of the molecule is CSc1ccc(NC(=O)COc2ccccc2C#N)cc1. The van der Waals surface area contributed by atoms with Gasteiger partial charge in [-0.05, 0) is 42.7 Å². The van der Waals surface area contributed by atoms with Crippen molar-refractivity contribution in [3.8, 4) is 11.8 Å². The maximum absolute atomic E-state index is 11.8. The highest BCUT2D eigenvalue weighted by atomic mass is 32.2. The molecule has 0 saturated carbocycles. The Bertz CT molecular complexity index is 663. The average Bonchev–Trinajstić information content (AvgIpc) is 2.54. The highest BCUT2D eigenvalue weighted by Crippen LogP contribution is 2.18.